The fourth-order valence-corrected chi connectivity index (χ4v) is 2.73. The van der Waals surface area contributed by atoms with Gasteiger partial charge in [-0.05, 0) is 48.9 Å². The Hall–Kier alpha value is -3.43. The second-order valence-electron chi connectivity index (χ2n) is 6.38. The maximum absolute atomic E-state index is 12.9. The smallest absolute Gasteiger partial charge is 0.416 e. The van der Waals surface area contributed by atoms with E-state index in [1.807, 2.05) is 0 Å². The quantitative estimate of drug-likeness (QED) is 0.559. The normalized spacial score (nSPS) is 11.6. The Balaban J connectivity index is 1.69. The van der Waals surface area contributed by atoms with Crippen molar-refractivity contribution in [1.82, 2.24) is 9.78 Å². The molecule has 1 aromatic heterocycles. The van der Waals surface area contributed by atoms with Crippen LogP contribution in [0.25, 0.3) is 0 Å². The first kappa shape index (κ1) is 21.3. The molecule has 30 heavy (non-hydrogen) atoms. The predicted octanol–water partition coefficient (Wildman–Crippen LogP) is 5.11. The van der Waals surface area contributed by atoms with Crippen molar-refractivity contribution in [1.29, 1.82) is 0 Å². The molecule has 1 heterocycles. The number of benzene rings is 2. The Bertz CT molecular complexity index is 1030. The van der Waals surface area contributed by atoms with Crippen molar-refractivity contribution < 1.29 is 31.5 Å². The van der Waals surface area contributed by atoms with Gasteiger partial charge >= 0.3 is 12.8 Å². The maximum Gasteiger partial charge on any atom is 0.416 e. The molecule has 1 N–H and O–H groups in total. The summed E-state index contributed by atoms with van der Waals surface area (Å²) in [5.74, 6) is -0.401. The SMILES string of the molecule is Cc1cc(NC(=O)c2ccc(OC(F)F)cc2)nn1Cc1cccc(C(F)(F)F)c1. The third kappa shape index (κ3) is 5.34. The van der Waals surface area contributed by atoms with Crippen molar-refractivity contribution in [2.45, 2.75) is 26.3 Å². The molecule has 0 spiro atoms. The summed E-state index contributed by atoms with van der Waals surface area (Å²) in [6, 6.07) is 11.6. The lowest BCUT2D eigenvalue weighted by Gasteiger charge is -2.09. The zero-order valence-electron chi connectivity index (χ0n) is 15.6. The summed E-state index contributed by atoms with van der Waals surface area (Å²) in [5, 5.41) is 6.76. The van der Waals surface area contributed by atoms with E-state index in [4.69, 9.17) is 0 Å². The molecule has 0 bridgehead atoms. The van der Waals surface area contributed by atoms with Crippen molar-refractivity contribution in [2.75, 3.05) is 5.32 Å². The van der Waals surface area contributed by atoms with Crippen LogP contribution in [-0.2, 0) is 12.7 Å². The number of hydrogen-bond acceptors (Lipinski definition) is 3. The molecule has 0 saturated heterocycles. The van der Waals surface area contributed by atoms with Gasteiger partial charge in [0.25, 0.3) is 5.91 Å². The Morgan fingerprint density at radius 1 is 1.13 bits per heavy atom. The van der Waals surface area contributed by atoms with Crippen LogP contribution in [0.1, 0.15) is 27.2 Å². The maximum atomic E-state index is 12.9. The largest absolute Gasteiger partial charge is 0.435 e. The van der Waals surface area contributed by atoms with Gasteiger partial charge in [-0.1, -0.05) is 12.1 Å². The van der Waals surface area contributed by atoms with Crippen LogP contribution in [0.4, 0.5) is 27.8 Å². The molecular weight excluding hydrogens is 409 g/mol. The fourth-order valence-electron chi connectivity index (χ4n) is 2.73. The van der Waals surface area contributed by atoms with Crippen LogP contribution in [0.3, 0.4) is 0 Å². The lowest BCUT2D eigenvalue weighted by molar-refractivity contribution is -0.137. The summed E-state index contributed by atoms with van der Waals surface area (Å²) in [5.41, 5.74) is 0.478. The van der Waals surface area contributed by atoms with Crippen LogP contribution < -0.4 is 10.1 Å². The fraction of sp³-hybridized carbons (Fsp3) is 0.200. The van der Waals surface area contributed by atoms with Crippen molar-refractivity contribution in [3.63, 3.8) is 0 Å². The molecule has 10 heteroatoms. The number of aromatic nitrogens is 2. The molecule has 0 saturated carbocycles. The van der Waals surface area contributed by atoms with E-state index in [-0.39, 0.29) is 23.7 Å². The number of hydrogen-bond donors (Lipinski definition) is 1. The van der Waals surface area contributed by atoms with Gasteiger partial charge in [0.2, 0.25) is 0 Å². The molecule has 0 radical (unpaired) electrons. The van der Waals surface area contributed by atoms with E-state index >= 15 is 0 Å². The van der Waals surface area contributed by atoms with Gasteiger partial charge in [0, 0.05) is 17.3 Å². The Kier molecular flexibility index (Phi) is 6.04. The van der Waals surface area contributed by atoms with E-state index in [1.165, 1.54) is 35.0 Å². The highest BCUT2D eigenvalue weighted by molar-refractivity contribution is 6.03. The molecule has 158 valence electrons. The van der Waals surface area contributed by atoms with Gasteiger partial charge < -0.3 is 10.1 Å². The summed E-state index contributed by atoms with van der Waals surface area (Å²) in [6.45, 7) is -1.17. The number of carbonyl (C=O) groups is 1. The van der Waals surface area contributed by atoms with Gasteiger partial charge in [-0.2, -0.15) is 27.1 Å². The van der Waals surface area contributed by atoms with Gasteiger partial charge in [-0.15, -0.1) is 0 Å². The lowest BCUT2D eigenvalue weighted by Crippen LogP contribution is -2.13. The molecule has 0 fully saturated rings. The standard InChI is InChI=1S/C20H16F5N3O2/c1-12-9-17(26-18(29)14-5-7-16(8-6-14)30-19(21)22)27-28(12)11-13-3-2-4-15(10-13)20(23,24)25/h2-10,19H,11H2,1H3,(H,26,27,29). The van der Waals surface area contributed by atoms with Crippen LogP contribution in [0.2, 0.25) is 0 Å². The summed E-state index contributed by atoms with van der Waals surface area (Å²) in [7, 11) is 0. The van der Waals surface area contributed by atoms with Gasteiger partial charge in [-0.25, -0.2) is 0 Å². The topological polar surface area (TPSA) is 56.1 Å². The molecule has 0 aliphatic rings. The molecule has 3 aromatic rings. The molecule has 0 atom stereocenters. The minimum absolute atomic E-state index is 0.0808. The van der Waals surface area contributed by atoms with E-state index in [2.05, 4.69) is 15.2 Å². The first-order valence-electron chi connectivity index (χ1n) is 8.68. The molecule has 1 amide bonds. The third-order valence-electron chi connectivity index (χ3n) is 4.15. The van der Waals surface area contributed by atoms with Crippen LogP contribution in [0.15, 0.2) is 54.6 Å². The number of halogens is 5. The summed E-state index contributed by atoms with van der Waals surface area (Å²) in [4.78, 5) is 12.3. The number of ether oxygens (including phenoxy) is 1. The zero-order valence-corrected chi connectivity index (χ0v) is 15.6. The molecule has 0 aliphatic carbocycles. The number of aryl methyl sites for hydroxylation is 1. The first-order valence-corrected chi connectivity index (χ1v) is 8.68. The molecule has 5 nitrogen and oxygen atoms in total. The molecule has 3 rings (SSSR count). The van der Waals surface area contributed by atoms with Gasteiger partial charge in [0.15, 0.2) is 5.82 Å². The monoisotopic (exact) mass is 425 g/mol. The average Bonchev–Trinajstić information content (AvgIpc) is 3.00. The molecule has 0 unspecified atom stereocenters. The van der Waals surface area contributed by atoms with Crippen molar-refractivity contribution >= 4 is 11.7 Å². The minimum Gasteiger partial charge on any atom is -0.435 e. The number of carbonyl (C=O) groups excluding carboxylic acids is 1. The molecule has 0 aliphatic heterocycles. The van der Waals surface area contributed by atoms with Gasteiger partial charge in [-0.3, -0.25) is 9.48 Å². The lowest BCUT2D eigenvalue weighted by atomic mass is 10.1. The Morgan fingerprint density at radius 3 is 2.47 bits per heavy atom. The Labute approximate surface area is 168 Å². The predicted molar refractivity (Wildman–Crippen MR) is 98.5 cm³/mol. The van der Waals surface area contributed by atoms with Crippen molar-refractivity contribution in [3.05, 3.63) is 77.0 Å². The average molecular weight is 425 g/mol. The van der Waals surface area contributed by atoms with Crippen LogP contribution in [0.5, 0.6) is 5.75 Å². The van der Waals surface area contributed by atoms with Gasteiger partial charge in [0.05, 0.1) is 12.1 Å². The van der Waals surface area contributed by atoms with Crippen LogP contribution in [0, 0.1) is 6.92 Å². The first-order chi connectivity index (χ1) is 14.1. The van der Waals surface area contributed by atoms with Crippen LogP contribution >= 0.6 is 0 Å². The number of amides is 1. The highest BCUT2D eigenvalue weighted by atomic mass is 19.4. The zero-order chi connectivity index (χ0) is 21.9. The molecule has 2 aromatic carbocycles. The summed E-state index contributed by atoms with van der Waals surface area (Å²) in [6.07, 6.45) is -4.44. The molecular formula is C20H16F5N3O2. The summed E-state index contributed by atoms with van der Waals surface area (Å²) < 4.78 is 68.6. The van der Waals surface area contributed by atoms with E-state index in [0.29, 0.717) is 11.3 Å². The number of anilines is 1. The van der Waals surface area contributed by atoms with Crippen molar-refractivity contribution in [2.24, 2.45) is 0 Å². The van der Waals surface area contributed by atoms with E-state index < -0.39 is 24.3 Å². The highest BCUT2D eigenvalue weighted by Crippen LogP contribution is 2.29. The number of rotatable bonds is 6. The van der Waals surface area contributed by atoms with Crippen LogP contribution in [-0.4, -0.2) is 22.3 Å². The van der Waals surface area contributed by atoms with Gasteiger partial charge in [0.1, 0.15) is 5.75 Å². The third-order valence-corrected chi connectivity index (χ3v) is 4.15. The minimum atomic E-state index is -4.44. The number of nitrogens with zero attached hydrogens (tertiary/aromatic N) is 2. The summed E-state index contributed by atoms with van der Waals surface area (Å²) >= 11 is 0. The van der Waals surface area contributed by atoms with E-state index in [0.717, 1.165) is 12.1 Å². The van der Waals surface area contributed by atoms with E-state index in [9.17, 15) is 26.7 Å². The highest BCUT2D eigenvalue weighted by Gasteiger charge is 2.30. The van der Waals surface area contributed by atoms with E-state index in [1.54, 1.807) is 19.1 Å². The number of nitrogens with one attached hydrogen (secondary N) is 1. The number of alkyl halides is 5. The van der Waals surface area contributed by atoms with Crippen molar-refractivity contribution in [3.8, 4) is 5.75 Å². The second-order valence-corrected chi connectivity index (χ2v) is 6.38. The Morgan fingerprint density at radius 2 is 1.83 bits per heavy atom. The second kappa shape index (κ2) is 8.52.